The van der Waals surface area contributed by atoms with Crippen LogP contribution in [0.3, 0.4) is 0 Å². The van der Waals surface area contributed by atoms with Crippen molar-refractivity contribution in [2.75, 3.05) is 19.0 Å². The highest BCUT2D eigenvalue weighted by atomic mass is 16.3. The number of benzene rings is 1. The molecule has 1 aromatic carbocycles. The molecular weight excluding hydrogens is 304 g/mol. The van der Waals surface area contributed by atoms with Gasteiger partial charge in [0.15, 0.2) is 0 Å². The van der Waals surface area contributed by atoms with Gasteiger partial charge in [-0.1, -0.05) is 30.3 Å². The third kappa shape index (κ3) is 3.33. The van der Waals surface area contributed by atoms with Crippen molar-refractivity contribution < 1.29 is 9.90 Å². The Hall–Kier alpha value is -2.60. The highest BCUT2D eigenvalue weighted by Crippen LogP contribution is 2.31. The van der Waals surface area contributed by atoms with E-state index in [1.54, 1.807) is 6.20 Å². The van der Waals surface area contributed by atoms with Crippen molar-refractivity contribution in [1.82, 2.24) is 15.6 Å². The smallest absolute Gasteiger partial charge is 0.315 e. The van der Waals surface area contributed by atoms with E-state index in [2.05, 4.69) is 15.6 Å². The second kappa shape index (κ2) is 6.88. The Morgan fingerprint density at radius 3 is 2.88 bits per heavy atom. The zero-order valence-corrected chi connectivity index (χ0v) is 13.9. The number of fused-ring (bicyclic) bond motifs is 1. The summed E-state index contributed by atoms with van der Waals surface area (Å²) in [7, 11) is 3.83. The number of anilines is 1. The lowest BCUT2D eigenvalue weighted by Crippen LogP contribution is -2.40. The van der Waals surface area contributed by atoms with Crippen LogP contribution < -0.4 is 15.5 Å². The summed E-state index contributed by atoms with van der Waals surface area (Å²) < 4.78 is 0. The highest BCUT2D eigenvalue weighted by molar-refractivity contribution is 5.75. The van der Waals surface area contributed by atoms with Crippen LogP contribution in [0, 0.1) is 0 Å². The van der Waals surface area contributed by atoms with E-state index in [9.17, 15) is 9.90 Å². The van der Waals surface area contributed by atoms with Gasteiger partial charge in [0, 0.05) is 38.8 Å². The van der Waals surface area contributed by atoms with Crippen LogP contribution in [-0.4, -0.2) is 36.3 Å². The summed E-state index contributed by atoms with van der Waals surface area (Å²) in [6.07, 6.45) is 1.70. The second-order valence-corrected chi connectivity index (χ2v) is 6.16. The number of hydrogen-bond donors (Lipinski definition) is 3. The van der Waals surface area contributed by atoms with Crippen LogP contribution in [0.15, 0.2) is 42.6 Å². The number of aliphatic hydroxyl groups is 1. The maximum atomic E-state index is 12.2. The molecule has 1 aliphatic rings. The minimum absolute atomic E-state index is 0.302. The number of pyridine rings is 1. The summed E-state index contributed by atoms with van der Waals surface area (Å²) in [4.78, 5) is 18.5. The Morgan fingerprint density at radius 2 is 2.08 bits per heavy atom. The molecule has 0 spiro atoms. The molecule has 0 bridgehead atoms. The number of amides is 2. The van der Waals surface area contributed by atoms with Gasteiger partial charge in [0.2, 0.25) is 0 Å². The molecule has 1 aliphatic carbocycles. The summed E-state index contributed by atoms with van der Waals surface area (Å²) in [5.41, 5.74) is 3.00. The lowest BCUT2D eigenvalue weighted by molar-refractivity contribution is 0.142. The van der Waals surface area contributed by atoms with Gasteiger partial charge >= 0.3 is 6.03 Å². The van der Waals surface area contributed by atoms with Crippen molar-refractivity contribution in [3.63, 3.8) is 0 Å². The molecule has 1 aromatic heterocycles. The number of carbonyl (C=O) groups is 1. The molecule has 3 rings (SSSR count). The van der Waals surface area contributed by atoms with Gasteiger partial charge in [-0.2, -0.15) is 0 Å². The van der Waals surface area contributed by atoms with Gasteiger partial charge in [-0.05, 0) is 17.2 Å². The first-order valence-corrected chi connectivity index (χ1v) is 7.97. The van der Waals surface area contributed by atoms with Crippen LogP contribution in [0.25, 0.3) is 0 Å². The van der Waals surface area contributed by atoms with E-state index in [0.29, 0.717) is 13.0 Å². The minimum Gasteiger partial charge on any atom is -0.390 e. The first kappa shape index (κ1) is 16.3. The zero-order valence-electron chi connectivity index (χ0n) is 13.9. The molecule has 2 amide bonds. The van der Waals surface area contributed by atoms with E-state index < -0.39 is 6.10 Å². The molecule has 126 valence electrons. The Bertz CT molecular complexity index is 732. The first-order valence-electron chi connectivity index (χ1n) is 7.97. The number of aliphatic hydroxyl groups excluding tert-OH is 1. The number of nitrogens with one attached hydrogen (secondary N) is 2. The van der Waals surface area contributed by atoms with E-state index in [1.165, 1.54) is 0 Å². The highest BCUT2D eigenvalue weighted by Gasteiger charge is 2.31. The first-order chi connectivity index (χ1) is 11.6. The standard InChI is InChI=1S/C18H22N4O2/c1-22(2)17-13(7-5-9-19-17)11-20-18(24)21-16-14-8-4-3-6-12(14)10-15(16)23/h3-9,15-16,23H,10-11H2,1-2H3,(H2,20,21,24)/t15-,16+/m1/s1. The van der Waals surface area contributed by atoms with Crippen LogP contribution in [0.2, 0.25) is 0 Å². The fraction of sp³-hybridized carbons (Fsp3) is 0.333. The number of aromatic nitrogens is 1. The summed E-state index contributed by atoms with van der Waals surface area (Å²) in [5, 5.41) is 15.9. The fourth-order valence-corrected chi connectivity index (χ4v) is 3.09. The number of nitrogens with zero attached hydrogens (tertiary/aromatic N) is 2. The fourth-order valence-electron chi connectivity index (χ4n) is 3.09. The second-order valence-electron chi connectivity index (χ2n) is 6.16. The van der Waals surface area contributed by atoms with E-state index >= 15 is 0 Å². The van der Waals surface area contributed by atoms with Crippen molar-refractivity contribution in [2.45, 2.75) is 25.1 Å². The van der Waals surface area contributed by atoms with Crippen LogP contribution in [0.5, 0.6) is 0 Å². The molecule has 0 radical (unpaired) electrons. The Balaban J connectivity index is 1.63. The summed E-state index contributed by atoms with van der Waals surface area (Å²) in [6, 6.07) is 10.9. The zero-order chi connectivity index (χ0) is 17.1. The molecule has 24 heavy (non-hydrogen) atoms. The number of urea groups is 1. The summed E-state index contributed by atoms with van der Waals surface area (Å²) >= 11 is 0. The molecule has 0 saturated heterocycles. The summed E-state index contributed by atoms with van der Waals surface area (Å²) in [5.74, 6) is 0.823. The molecule has 3 N–H and O–H groups in total. The molecule has 2 aromatic rings. The average molecular weight is 326 g/mol. The topological polar surface area (TPSA) is 77.5 Å². The van der Waals surface area contributed by atoms with Crippen molar-refractivity contribution >= 4 is 11.8 Å². The molecule has 2 atom stereocenters. The average Bonchev–Trinajstić information content (AvgIpc) is 2.89. The maximum absolute atomic E-state index is 12.2. The molecule has 0 unspecified atom stereocenters. The van der Waals surface area contributed by atoms with Crippen LogP contribution in [0.4, 0.5) is 10.6 Å². The molecular formula is C18H22N4O2. The van der Waals surface area contributed by atoms with E-state index in [4.69, 9.17) is 0 Å². The van der Waals surface area contributed by atoms with Crippen molar-refractivity contribution in [3.05, 3.63) is 59.3 Å². The monoisotopic (exact) mass is 326 g/mol. The number of hydrogen-bond acceptors (Lipinski definition) is 4. The predicted molar refractivity (Wildman–Crippen MR) is 92.8 cm³/mol. The maximum Gasteiger partial charge on any atom is 0.315 e. The van der Waals surface area contributed by atoms with Crippen molar-refractivity contribution in [3.8, 4) is 0 Å². The predicted octanol–water partition coefficient (Wildman–Crippen LogP) is 1.61. The SMILES string of the molecule is CN(C)c1ncccc1CNC(=O)N[C@H]1c2ccccc2C[C@H]1O. The Morgan fingerprint density at radius 1 is 1.29 bits per heavy atom. The van der Waals surface area contributed by atoms with Crippen LogP contribution in [0.1, 0.15) is 22.7 Å². The molecule has 6 heteroatoms. The van der Waals surface area contributed by atoms with Gasteiger partial charge in [-0.25, -0.2) is 9.78 Å². The van der Waals surface area contributed by atoms with Crippen LogP contribution >= 0.6 is 0 Å². The van der Waals surface area contributed by atoms with Gasteiger partial charge < -0.3 is 20.6 Å². The van der Waals surface area contributed by atoms with Crippen molar-refractivity contribution in [1.29, 1.82) is 0 Å². The normalized spacial score (nSPS) is 18.8. The third-order valence-corrected chi connectivity index (χ3v) is 4.22. The van der Waals surface area contributed by atoms with Crippen LogP contribution in [-0.2, 0) is 13.0 Å². The molecule has 0 saturated carbocycles. The van der Waals surface area contributed by atoms with Gasteiger partial charge in [0.1, 0.15) is 5.82 Å². The lowest BCUT2D eigenvalue weighted by Gasteiger charge is -2.19. The summed E-state index contributed by atoms with van der Waals surface area (Å²) in [6.45, 7) is 0.373. The molecule has 6 nitrogen and oxygen atoms in total. The lowest BCUT2D eigenvalue weighted by atomic mass is 10.1. The van der Waals surface area contributed by atoms with Gasteiger partial charge in [-0.3, -0.25) is 0 Å². The minimum atomic E-state index is -0.594. The Labute approximate surface area is 141 Å². The molecule has 0 aliphatic heterocycles. The number of rotatable bonds is 4. The number of carbonyl (C=O) groups excluding carboxylic acids is 1. The molecule has 1 heterocycles. The van der Waals surface area contributed by atoms with Crippen molar-refractivity contribution in [2.24, 2.45) is 0 Å². The van der Waals surface area contributed by atoms with E-state index in [1.807, 2.05) is 55.4 Å². The quantitative estimate of drug-likeness (QED) is 0.798. The van der Waals surface area contributed by atoms with Gasteiger partial charge in [-0.15, -0.1) is 0 Å². The third-order valence-electron chi connectivity index (χ3n) is 4.22. The van der Waals surface area contributed by atoms with E-state index in [-0.39, 0.29) is 12.1 Å². The van der Waals surface area contributed by atoms with Gasteiger partial charge in [0.05, 0.1) is 12.1 Å². The molecule has 0 fully saturated rings. The Kier molecular flexibility index (Phi) is 4.66. The van der Waals surface area contributed by atoms with E-state index in [0.717, 1.165) is 22.5 Å². The van der Waals surface area contributed by atoms with Gasteiger partial charge in [0.25, 0.3) is 0 Å². The largest absolute Gasteiger partial charge is 0.390 e.